The van der Waals surface area contributed by atoms with E-state index in [9.17, 15) is 0 Å². The third-order valence-electron chi connectivity index (χ3n) is 2.58. The smallest absolute Gasteiger partial charge is 0.153 e. The highest BCUT2D eigenvalue weighted by atomic mass is 15.3. The van der Waals surface area contributed by atoms with E-state index in [0.717, 1.165) is 28.3 Å². The number of fused-ring (bicyclic) bond motifs is 1. The summed E-state index contributed by atoms with van der Waals surface area (Å²) in [6, 6.07) is 9.73. The Morgan fingerprint density at radius 2 is 2.00 bits per heavy atom. The molecule has 0 aliphatic carbocycles. The molecule has 0 saturated heterocycles. The van der Waals surface area contributed by atoms with Gasteiger partial charge in [-0.2, -0.15) is 0 Å². The highest BCUT2D eigenvalue weighted by molar-refractivity contribution is 5.64. The Labute approximate surface area is 92.7 Å². The fraction of sp³-hybridized carbons (Fsp3) is 0.0833. The van der Waals surface area contributed by atoms with Crippen LogP contribution in [0, 0.1) is 6.92 Å². The summed E-state index contributed by atoms with van der Waals surface area (Å²) in [6.07, 6.45) is 1.98. The summed E-state index contributed by atoms with van der Waals surface area (Å²) in [5.41, 5.74) is 10.5. The average molecular weight is 212 g/mol. The number of nitrogens with one attached hydrogen (secondary N) is 1. The summed E-state index contributed by atoms with van der Waals surface area (Å²) < 4.78 is 1.92. The number of rotatable bonds is 1. The molecule has 3 N–H and O–H groups in total. The van der Waals surface area contributed by atoms with Gasteiger partial charge in [0.05, 0.1) is 11.9 Å². The van der Waals surface area contributed by atoms with Crippen LogP contribution in [-0.4, -0.2) is 14.6 Å². The van der Waals surface area contributed by atoms with Crippen molar-refractivity contribution in [3.8, 4) is 11.3 Å². The summed E-state index contributed by atoms with van der Waals surface area (Å²) >= 11 is 0. The molecule has 1 aromatic carbocycles. The molecule has 0 aliphatic rings. The van der Waals surface area contributed by atoms with Crippen LogP contribution in [0.2, 0.25) is 0 Å². The number of nitrogen functional groups attached to an aromatic ring is 1. The second-order valence-electron chi connectivity index (χ2n) is 3.92. The first-order valence-electron chi connectivity index (χ1n) is 5.13. The standard InChI is InChI=1S/C12H12N4/c1-8-6-12-14-11(7-16(12)15-8)9-2-4-10(13)5-3-9/h2-7,15H,13H2,1H3. The second kappa shape index (κ2) is 3.13. The molecule has 0 spiro atoms. The number of H-pyrrole nitrogens is 1. The van der Waals surface area contributed by atoms with Crippen LogP contribution in [-0.2, 0) is 0 Å². The monoisotopic (exact) mass is 212 g/mol. The number of hydrogen-bond acceptors (Lipinski definition) is 2. The van der Waals surface area contributed by atoms with Crippen molar-refractivity contribution < 1.29 is 0 Å². The molecular weight excluding hydrogens is 200 g/mol. The Morgan fingerprint density at radius 1 is 1.25 bits per heavy atom. The van der Waals surface area contributed by atoms with Crippen LogP contribution < -0.4 is 5.73 Å². The van der Waals surface area contributed by atoms with Crippen LogP contribution in [0.1, 0.15) is 5.69 Å². The van der Waals surface area contributed by atoms with Gasteiger partial charge in [0.2, 0.25) is 0 Å². The van der Waals surface area contributed by atoms with Crippen molar-refractivity contribution in [2.24, 2.45) is 0 Å². The lowest BCUT2D eigenvalue weighted by Gasteiger charge is -1.96. The highest BCUT2D eigenvalue weighted by Crippen LogP contribution is 2.20. The van der Waals surface area contributed by atoms with Gasteiger partial charge in [-0.15, -0.1) is 0 Å². The molecule has 4 nitrogen and oxygen atoms in total. The molecule has 3 rings (SSSR count). The van der Waals surface area contributed by atoms with Crippen molar-refractivity contribution in [2.75, 3.05) is 5.73 Å². The molecule has 4 heteroatoms. The first-order chi connectivity index (χ1) is 7.72. The molecule has 2 aromatic heterocycles. The molecule has 0 fully saturated rings. The molecule has 16 heavy (non-hydrogen) atoms. The van der Waals surface area contributed by atoms with E-state index in [0.29, 0.717) is 0 Å². The van der Waals surface area contributed by atoms with Crippen LogP contribution in [0.3, 0.4) is 0 Å². The fourth-order valence-electron chi connectivity index (χ4n) is 1.79. The van der Waals surface area contributed by atoms with Crippen LogP contribution in [0.5, 0.6) is 0 Å². The first-order valence-corrected chi connectivity index (χ1v) is 5.13. The van der Waals surface area contributed by atoms with Gasteiger partial charge in [-0.05, 0) is 19.1 Å². The Hall–Kier alpha value is -2.23. The van der Waals surface area contributed by atoms with E-state index in [1.165, 1.54) is 0 Å². The summed E-state index contributed by atoms with van der Waals surface area (Å²) in [5.74, 6) is 0. The number of aryl methyl sites for hydroxylation is 1. The second-order valence-corrected chi connectivity index (χ2v) is 3.92. The normalized spacial score (nSPS) is 11.1. The molecule has 0 aliphatic heterocycles. The van der Waals surface area contributed by atoms with Gasteiger partial charge in [0.25, 0.3) is 0 Å². The quantitative estimate of drug-likeness (QED) is 0.607. The number of anilines is 1. The summed E-state index contributed by atoms with van der Waals surface area (Å²) in [4.78, 5) is 4.52. The maximum absolute atomic E-state index is 5.65. The number of imidazole rings is 1. The molecule has 0 bridgehead atoms. The van der Waals surface area contributed by atoms with Crippen LogP contribution >= 0.6 is 0 Å². The van der Waals surface area contributed by atoms with E-state index >= 15 is 0 Å². The van der Waals surface area contributed by atoms with E-state index in [2.05, 4.69) is 10.1 Å². The minimum atomic E-state index is 0.768. The SMILES string of the molecule is Cc1cc2nc(-c3ccc(N)cc3)cn2[nH]1. The lowest BCUT2D eigenvalue weighted by Crippen LogP contribution is -1.84. The van der Waals surface area contributed by atoms with Gasteiger partial charge in [-0.25, -0.2) is 9.50 Å². The molecule has 0 radical (unpaired) electrons. The van der Waals surface area contributed by atoms with E-state index in [4.69, 9.17) is 5.73 Å². The number of benzene rings is 1. The highest BCUT2D eigenvalue weighted by Gasteiger charge is 2.05. The summed E-state index contributed by atoms with van der Waals surface area (Å²) in [6.45, 7) is 2.01. The number of aromatic nitrogens is 3. The van der Waals surface area contributed by atoms with E-state index in [1.54, 1.807) is 0 Å². The van der Waals surface area contributed by atoms with Gasteiger partial charge in [0, 0.05) is 23.0 Å². The van der Waals surface area contributed by atoms with Gasteiger partial charge in [0.15, 0.2) is 5.65 Å². The van der Waals surface area contributed by atoms with Crippen LogP contribution in [0.4, 0.5) is 5.69 Å². The number of aromatic amines is 1. The maximum Gasteiger partial charge on any atom is 0.153 e. The average Bonchev–Trinajstić information content (AvgIpc) is 2.75. The lowest BCUT2D eigenvalue weighted by atomic mass is 10.1. The topological polar surface area (TPSA) is 59.1 Å². The Morgan fingerprint density at radius 3 is 2.69 bits per heavy atom. The zero-order chi connectivity index (χ0) is 11.1. The molecule has 0 atom stereocenters. The van der Waals surface area contributed by atoms with E-state index < -0.39 is 0 Å². The molecular formula is C12H12N4. The van der Waals surface area contributed by atoms with Crippen molar-refractivity contribution in [1.29, 1.82) is 0 Å². The largest absolute Gasteiger partial charge is 0.399 e. The van der Waals surface area contributed by atoms with Crippen molar-refractivity contribution >= 4 is 11.3 Å². The minimum Gasteiger partial charge on any atom is -0.399 e. The van der Waals surface area contributed by atoms with Gasteiger partial charge in [0.1, 0.15) is 0 Å². The third kappa shape index (κ3) is 1.35. The third-order valence-corrected chi connectivity index (χ3v) is 2.58. The molecule has 0 unspecified atom stereocenters. The van der Waals surface area contributed by atoms with Gasteiger partial charge < -0.3 is 5.73 Å². The van der Waals surface area contributed by atoms with Crippen molar-refractivity contribution in [3.05, 3.63) is 42.2 Å². The van der Waals surface area contributed by atoms with Crippen molar-refractivity contribution in [1.82, 2.24) is 14.6 Å². The molecule has 0 amide bonds. The van der Waals surface area contributed by atoms with Crippen molar-refractivity contribution in [2.45, 2.75) is 6.92 Å². The maximum atomic E-state index is 5.65. The molecule has 3 aromatic rings. The summed E-state index contributed by atoms with van der Waals surface area (Å²) in [5, 5.41) is 3.19. The first kappa shape index (κ1) is 9.03. The van der Waals surface area contributed by atoms with Crippen LogP contribution in [0.15, 0.2) is 36.5 Å². The van der Waals surface area contributed by atoms with Gasteiger partial charge in [-0.3, -0.25) is 5.10 Å². The number of nitrogens with two attached hydrogens (primary N) is 1. The predicted molar refractivity (Wildman–Crippen MR) is 64.1 cm³/mol. The predicted octanol–water partition coefficient (Wildman–Crippen LogP) is 2.22. The fourth-order valence-corrected chi connectivity index (χ4v) is 1.79. The Balaban J connectivity index is 2.11. The Kier molecular flexibility index (Phi) is 1.77. The van der Waals surface area contributed by atoms with E-state index in [-0.39, 0.29) is 0 Å². The Bertz CT molecular complexity index is 599. The zero-order valence-electron chi connectivity index (χ0n) is 8.94. The van der Waals surface area contributed by atoms with Crippen molar-refractivity contribution in [3.63, 3.8) is 0 Å². The molecule has 80 valence electrons. The van der Waals surface area contributed by atoms with Crippen LogP contribution in [0.25, 0.3) is 16.9 Å². The van der Waals surface area contributed by atoms with Gasteiger partial charge >= 0.3 is 0 Å². The number of nitrogens with zero attached hydrogens (tertiary/aromatic N) is 2. The number of hydrogen-bond donors (Lipinski definition) is 2. The lowest BCUT2D eigenvalue weighted by molar-refractivity contribution is 0.945. The minimum absolute atomic E-state index is 0.768. The zero-order valence-corrected chi connectivity index (χ0v) is 8.94. The molecule has 0 saturated carbocycles. The van der Waals surface area contributed by atoms with Gasteiger partial charge in [-0.1, -0.05) is 12.1 Å². The van der Waals surface area contributed by atoms with E-state index in [1.807, 2.05) is 48.0 Å². The summed E-state index contributed by atoms with van der Waals surface area (Å²) in [7, 11) is 0. The molecule has 2 heterocycles.